The van der Waals surface area contributed by atoms with E-state index in [0.29, 0.717) is 11.3 Å². The van der Waals surface area contributed by atoms with Gasteiger partial charge < -0.3 is 0 Å². The van der Waals surface area contributed by atoms with Crippen molar-refractivity contribution in [1.29, 1.82) is 0 Å². The van der Waals surface area contributed by atoms with Gasteiger partial charge in [0.2, 0.25) is 0 Å². The summed E-state index contributed by atoms with van der Waals surface area (Å²) in [7, 11) is 0. The summed E-state index contributed by atoms with van der Waals surface area (Å²) in [5.74, 6) is 4.52. The molecular weight excluding hydrogens is 444 g/mol. The Morgan fingerprint density at radius 1 is 0.622 bits per heavy atom. The Bertz CT molecular complexity index is 771. The van der Waals surface area contributed by atoms with Gasteiger partial charge in [0.1, 0.15) is 0 Å². The van der Waals surface area contributed by atoms with Crippen LogP contribution in [0.2, 0.25) is 0 Å². The first-order chi connectivity index (χ1) is 18.2. The summed E-state index contributed by atoms with van der Waals surface area (Å²) in [6.45, 7) is 4.69. The molecule has 0 aliphatic heterocycles. The fourth-order valence-electron chi connectivity index (χ4n) is 7.97. The Kier molecular flexibility index (Phi) is 11.9. The van der Waals surface area contributed by atoms with E-state index in [1.54, 1.807) is 0 Å². The molecule has 0 heterocycles. The molecule has 3 aliphatic rings. The molecule has 0 spiro atoms. The van der Waals surface area contributed by atoms with Crippen molar-refractivity contribution >= 4 is 0 Å². The van der Waals surface area contributed by atoms with Crippen LogP contribution in [-0.2, 0) is 6.42 Å². The van der Waals surface area contributed by atoms with E-state index in [4.69, 9.17) is 0 Å². The molecule has 0 N–H and O–H groups in total. The van der Waals surface area contributed by atoms with Crippen LogP contribution in [0.4, 0.5) is 0 Å². The highest BCUT2D eigenvalue weighted by molar-refractivity contribution is 5.23. The quantitative estimate of drug-likeness (QED) is 0.175. The third-order valence-corrected chi connectivity index (χ3v) is 10.7. The van der Waals surface area contributed by atoms with E-state index in [2.05, 4.69) is 68.5 Å². The van der Waals surface area contributed by atoms with Crippen molar-refractivity contribution in [3.05, 3.63) is 60.2 Å². The van der Waals surface area contributed by atoms with E-state index in [1.807, 2.05) is 0 Å². The van der Waals surface area contributed by atoms with Gasteiger partial charge in [-0.1, -0.05) is 152 Å². The molecule has 0 bridgehead atoms. The second-order valence-electron chi connectivity index (χ2n) is 13.3. The van der Waals surface area contributed by atoms with Crippen molar-refractivity contribution in [2.24, 2.45) is 35.0 Å². The molecule has 1 aromatic carbocycles. The van der Waals surface area contributed by atoms with Gasteiger partial charge in [0, 0.05) is 5.41 Å². The molecule has 0 aromatic heterocycles. The van der Waals surface area contributed by atoms with E-state index in [-0.39, 0.29) is 0 Å². The smallest absolute Gasteiger partial charge is 0.00897 e. The molecule has 0 radical (unpaired) electrons. The van der Waals surface area contributed by atoms with E-state index >= 15 is 0 Å². The van der Waals surface area contributed by atoms with Crippen LogP contribution in [0.25, 0.3) is 0 Å². The average molecular weight is 503 g/mol. The van der Waals surface area contributed by atoms with Crippen molar-refractivity contribution in [3.8, 4) is 0 Å². The van der Waals surface area contributed by atoms with Gasteiger partial charge in [0.05, 0.1) is 0 Å². The maximum atomic E-state index is 2.73. The lowest BCUT2D eigenvalue weighted by atomic mass is 9.61. The molecule has 3 aliphatic carbocycles. The molecular formula is C37H58. The van der Waals surface area contributed by atoms with Crippen molar-refractivity contribution in [1.82, 2.24) is 0 Å². The topological polar surface area (TPSA) is 0 Å². The van der Waals surface area contributed by atoms with Gasteiger partial charge in [-0.15, -0.1) is 0 Å². The Morgan fingerprint density at radius 3 is 1.81 bits per heavy atom. The first-order valence-electron chi connectivity index (χ1n) is 16.6. The summed E-state index contributed by atoms with van der Waals surface area (Å²) in [5, 5.41) is 0. The molecule has 4 rings (SSSR count). The molecule has 37 heavy (non-hydrogen) atoms. The second-order valence-corrected chi connectivity index (χ2v) is 13.3. The number of allylic oxidation sites excluding steroid dienone is 4. The molecule has 2 saturated carbocycles. The van der Waals surface area contributed by atoms with Crippen LogP contribution < -0.4 is 0 Å². The normalized spacial score (nSPS) is 32.0. The fourth-order valence-corrected chi connectivity index (χ4v) is 7.97. The number of unbranched alkanes of at least 4 members (excludes halogenated alkanes) is 3. The number of benzene rings is 1. The number of hydrogen-bond donors (Lipinski definition) is 0. The lowest BCUT2D eigenvalue weighted by Gasteiger charge is -2.43. The van der Waals surface area contributed by atoms with Crippen molar-refractivity contribution < 1.29 is 0 Å². The number of aryl methyl sites for hydroxylation is 1. The molecule has 0 atom stereocenters. The van der Waals surface area contributed by atoms with Gasteiger partial charge in [-0.3, -0.25) is 0 Å². The van der Waals surface area contributed by atoms with E-state index < -0.39 is 0 Å². The predicted molar refractivity (Wildman–Crippen MR) is 163 cm³/mol. The highest BCUT2D eigenvalue weighted by Gasteiger charge is 2.38. The van der Waals surface area contributed by atoms with Crippen LogP contribution in [0.15, 0.2) is 54.6 Å². The summed E-state index contributed by atoms with van der Waals surface area (Å²) in [4.78, 5) is 0. The van der Waals surface area contributed by atoms with Gasteiger partial charge in [-0.25, -0.2) is 0 Å². The zero-order chi connectivity index (χ0) is 25.8. The zero-order valence-corrected chi connectivity index (χ0v) is 24.5. The second kappa shape index (κ2) is 15.3. The minimum absolute atomic E-state index is 0.344. The van der Waals surface area contributed by atoms with Gasteiger partial charge in [-0.2, -0.15) is 0 Å². The van der Waals surface area contributed by atoms with Gasteiger partial charge in [-0.05, 0) is 73.7 Å². The van der Waals surface area contributed by atoms with E-state index in [1.165, 1.54) is 128 Å². The maximum absolute atomic E-state index is 2.73. The van der Waals surface area contributed by atoms with Gasteiger partial charge in [0.25, 0.3) is 0 Å². The fraction of sp³-hybridized carbons (Fsp3) is 0.730. The van der Waals surface area contributed by atoms with Crippen LogP contribution in [0.3, 0.4) is 0 Å². The first-order valence-corrected chi connectivity index (χ1v) is 16.6. The number of rotatable bonds is 14. The summed E-state index contributed by atoms with van der Waals surface area (Å²) < 4.78 is 0. The summed E-state index contributed by atoms with van der Waals surface area (Å²) in [6.07, 6.45) is 38.0. The molecule has 0 nitrogen and oxygen atoms in total. The van der Waals surface area contributed by atoms with Crippen LogP contribution in [-0.4, -0.2) is 0 Å². The van der Waals surface area contributed by atoms with E-state index in [0.717, 1.165) is 23.7 Å². The summed E-state index contributed by atoms with van der Waals surface area (Å²) >= 11 is 0. The minimum atomic E-state index is 0.344. The summed E-state index contributed by atoms with van der Waals surface area (Å²) in [5.41, 5.74) is 1.83. The minimum Gasteiger partial charge on any atom is -0.0807 e. The third-order valence-electron chi connectivity index (χ3n) is 10.7. The monoisotopic (exact) mass is 502 g/mol. The Morgan fingerprint density at radius 2 is 1.19 bits per heavy atom. The lowest BCUT2D eigenvalue weighted by Crippen LogP contribution is -2.33. The molecule has 0 heteroatoms. The standard InChI is InChI=1S/C37H58/c1-3-5-8-12-33-21-23-36(24-22-33)37(28-25-34-18-16-32(17-19-34)11-6-4-2)29-26-35(27-30-37)20-15-31-13-9-7-10-14-31/h7,9-10,13-14,26-27,29-30,32-36H,3-6,8,11-12,15-25,28H2,1-2H3. The molecule has 0 saturated heterocycles. The van der Waals surface area contributed by atoms with Crippen molar-refractivity contribution in [2.75, 3.05) is 0 Å². The molecule has 206 valence electrons. The highest BCUT2D eigenvalue weighted by Crippen LogP contribution is 2.49. The maximum Gasteiger partial charge on any atom is 0.00897 e. The van der Waals surface area contributed by atoms with Gasteiger partial charge in [0.15, 0.2) is 0 Å². The van der Waals surface area contributed by atoms with Crippen molar-refractivity contribution in [3.63, 3.8) is 0 Å². The van der Waals surface area contributed by atoms with Crippen LogP contribution >= 0.6 is 0 Å². The Hall–Kier alpha value is -1.30. The van der Waals surface area contributed by atoms with Crippen LogP contribution in [0.1, 0.15) is 135 Å². The Labute approximate surface area is 230 Å². The van der Waals surface area contributed by atoms with Crippen LogP contribution in [0.5, 0.6) is 0 Å². The number of hydrogen-bond acceptors (Lipinski definition) is 0. The average Bonchev–Trinajstić information content (AvgIpc) is 2.96. The highest BCUT2D eigenvalue weighted by atomic mass is 14.4. The SMILES string of the molecule is CCCCCC1CCC(C2(CCC3CCC(CCCC)CC3)C=CC(CCc3ccccc3)C=C2)CC1. The largest absolute Gasteiger partial charge is 0.0807 e. The van der Waals surface area contributed by atoms with Gasteiger partial charge >= 0.3 is 0 Å². The third kappa shape index (κ3) is 8.86. The lowest BCUT2D eigenvalue weighted by molar-refractivity contribution is 0.148. The molecule has 1 aromatic rings. The zero-order valence-electron chi connectivity index (χ0n) is 24.5. The van der Waals surface area contributed by atoms with Crippen LogP contribution in [0, 0.1) is 35.0 Å². The van der Waals surface area contributed by atoms with Crippen molar-refractivity contribution in [2.45, 2.75) is 136 Å². The predicted octanol–water partition coefficient (Wildman–Crippen LogP) is 11.5. The Balaban J connectivity index is 1.33. The first kappa shape index (κ1) is 28.7. The molecule has 2 fully saturated rings. The molecule has 0 unspecified atom stereocenters. The molecule has 0 amide bonds. The summed E-state index contributed by atoms with van der Waals surface area (Å²) in [6, 6.07) is 11.1. The van der Waals surface area contributed by atoms with E-state index in [9.17, 15) is 0 Å².